The zero-order valence-corrected chi connectivity index (χ0v) is 13.1. The van der Waals surface area contributed by atoms with Crippen molar-refractivity contribution in [2.45, 2.75) is 32.6 Å². The summed E-state index contributed by atoms with van der Waals surface area (Å²) in [7, 11) is 0. The number of rotatable bonds is 2. The summed E-state index contributed by atoms with van der Waals surface area (Å²) in [5.41, 5.74) is 1.34. The summed E-state index contributed by atoms with van der Waals surface area (Å²) in [5.74, 6) is 0.482. The number of aromatic nitrogens is 1. The second-order valence-corrected chi connectivity index (χ2v) is 6.26. The highest BCUT2D eigenvalue weighted by molar-refractivity contribution is 5.92. The molecule has 0 bridgehead atoms. The van der Waals surface area contributed by atoms with Gasteiger partial charge >= 0.3 is 0 Å². The third-order valence-electron chi connectivity index (χ3n) is 4.69. The predicted octanol–water partition coefficient (Wildman–Crippen LogP) is 1.86. The monoisotopic (exact) mass is 301 g/mol. The maximum absolute atomic E-state index is 12.4. The van der Waals surface area contributed by atoms with Crippen LogP contribution in [-0.4, -0.2) is 52.8 Å². The van der Waals surface area contributed by atoms with Crippen molar-refractivity contribution in [1.29, 1.82) is 0 Å². The Kier molecular flexibility index (Phi) is 4.41. The second kappa shape index (κ2) is 6.46. The maximum atomic E-state index is 12.4. The number of piperazine rings is 1. The molecule has 1 aliphatic carbocycles. The van der Waals surface area contributed by atoms with Gasteiger partial charge in [-0.15, -0.1) is 0 Å². The van der Waals surface area contributed by atoms with Crippen LogP contribution in [0.5, 0.6) is 0 Å². The van der Waals surface area contributed by atoms with Crippen LogP contribution in [0.1, 0.15) is 41.9 Å². The van der Waals surface area contributed by atoms with Crippen molar-refractivity contribution in [3.05, 3.63) is 29.6 Å². The Labute approximate surface area is 131 Å². The summed E-state index contributed by atoms with van der Waals surface area (Å²) < 4.78 is 0. The molecule has 0 aromatic carbocycles. The third kappa shape index (κ3) is 3.13. The van der Waals surface area contributed by atoms with Crippen molar-refractivity contribution in [2.75, 3.05) is 26.2 Å². The van der Waals surface area contributed by atoms with Crippen molar-refractivity contribution in [3.8, 4) is 0 Å². The lowest BCUT2D eigenvalue weighted by atomic mass is 10.1. The van der Waals surface area contributed by atoms with Crippen LogP contribution in [-0.2, 0) is 4.79 Å². The van der Waals surface area contributed by atoms with E-state index in [-0.39, 0.29) is 11.8 Å². The van der Waals surface area contributed by atoms with Gasteiger partial charge in [0.25, 0.3) is 5.91 Å². The Morgan fingerprint density at radius 1 is 1.05 bits per heavy atom. The van der Waals surface area contributed by atoms with Crippen LogP contribution in [0.15, 0.2) is 18.2 Å². The fourth-order valence-corrected chi connectivity index (χ4v) is 3.39. The Balaban J connectivity index is 1.57. The van der Waals surface area contributed by atoms with Gasteiger partial charge in [0.2, 0.25) is 5.91 Å². The molecule has 3 rings (SSSR count). The number of hydrogen-bond acceptors (Lipinski definition) is 3. The van der Waals surface area contributed by atoms with Crippen LogP contribution in [0.3, 0.4) is 0 Å². The molecule has 2 fully saturated rings. The van der Waals surface area contributed by atoms with Crippen molar-refractivity contribution in [2.24, 2.45) is 5.92 Å². The Hall–Kier alpha value is -1.91. The van der Waals surface area contributed by atoms with E-state index in [1.807, 2.05) is 24.0 Å². The number of carbonyl (C=O) groups excluding carboxylic acids is 2. The molecule has 118 valence electrons. The first kappa shape index (κ1) is 15.0. The number of hydrogen-bond donors (Lipinski definition) is 0. The van der Waals surface area contributed by atoms with Crippen LogP contribution >= 0.6 is 0 Å². The molecule has 0 N–H and O–H groups in total. The van der Waals surface area contributed by atoms with Crippen molar-refractivity contribution < 1.29 is 9.59 Å². The van der Waals surface area contributed by atoms with Crippen LogP contribution in [0.25, 0.3) is 0 Å². The molecule has 5 heteroatoms. The molecular formula is C17H23N3O2. The Morgan fingerprint density at radius 3 is 2.32 bits per heavy atom. The minimum Gasteiger partial charge on any atom is -0.339 e. The van der Waals surface area contributed by atoms with Gasteiger partial charge in [0.05, 0.1) is 0 Å². The Morgan fingerprint density at radius 2 is 1.68 bits per heavy atom. The highest BCUT2D eigenvalue weighted by Gasteiger charge is 2.30. The lowest BCUT2D eigenvalue weighted by Gasteiger charge is -2.35. The van der Waals surface area contributed by atoms with Gasteiger partial charge in [-0.3, -0.25) is 9.59 Å². The summed E-state index contributed by atoms with van der Waals surface area (Å²) in [6.45, 7) is 4.38. The largest absolute Gasteiger partial charge is 0.339 e. The molecule has 0 unspecified atom stereocenters. The second-order valence-electron chi connectivity index (χ2n) is 6.26. The zero-order valence-electron chi connectivity index (χ0n) is 13.1. The molecule has 0 spiro atoms. The standard InChI is InChI=1S/C17H23N3O2/c1-13-5-4-8-15(18-13)17(22)20-11-9-19(10-12-20)16(21)14-6-2-3-7-14/h4-5,8,14H,2-3,6-7,9-12H2,1H3. The lowest BCUT2D eigenvalue weighted by molar-refractivity contribution is -0.136. The minimum atomic E-state index is -0.0309. The predicted molar refractivity (Wildman–Crippen MR) is 83.4 cm³/mol. The fraction of sp³-hybridized carbons (Fsp3) is 0.588. The van der Waals surface area contributed by atoms with E-state index >= 15 is 0 Å². The molecule has 1 aromatic heterocycles. The van der Waals surface area contributed by atoms with Crippen LogP contribution < -0.4 is 0 Å². The lowest BCUT2D eigenvalue weighted by Crippen LogP contribution is -2.51. The van der Waals surface area contributed by atoms with E-state index in [0.717, 1.165) is 18.5 Å². The number of carbonyl (C=O) groups is 2. The maximum Gasteiger partial charge on any atom is 0.272 e. The van der Waals surface area contributed by atoms with Crippen molar-refractivity contribution in [1.82, 2.24) is 14.8 Å². The van der Waals surface area contributed by atoms with E-state index in [9.17, 15) is 9.59 Å². The molecule has 5 nitrogen and oxygen atoms in total. The SMILES string of the molecule is Cc1cccc(C(=O)N2CCN(C(=O)C3CCCC3)CC2)n1. The highest BCUT2D eigenvalue weighted by Crippen LogP contribution is 2.27. The molecule has 22 heavy (non-hydrogen) atoms. The van der Waals surface area contributed by atoms with Gasteiger partial charge in [-0.25, -0.2) is 4.98 Å². The van der Waals surface area contributed by atoms with Gasteiger partial charge in [0, 0.05) is 37.8 Å². The van der Waals surface area contributed by atoms with Gasteiger partial charge in [-0.05, 0) is 31.9 Å². The van der Waals surface area contributed by atoms with E-state index in [1.54, 1.807) is 11.0 Å². The van der Waals surface area contributed by atoms with Gasteiger partial charge in [0.1, 0.15) is 5.69 Å². The summed E-state index contributed by atoms with van der Waals surface area (Å²) in [6.07, 6.45) is 4.41. The van der Waals surface area contributed by atoms with Gasteiger partial charge in [-0.2, -0.15) is 0 Å². The molecule has 1 aromatic rings. The molecule has 1 saturated carbocycles. The molecule has 0 atom stereocenters. The van der Waals surface area contributed by atoms with E-state index in [1.165, 1.54) is 12.8 Å². The summed E-state index contributed by atoms with van der Waals surface area (Å²) in [5, 5.41) is 0. The zero-order chi connectivity index (χ0) is 15.5. The molecule has 1 aliphatic heterocycles. The smallest absolute Gasteiger partial charge is 0.272 e. The number of amides is 2. The van der Waals surface area contributed by atoms with Gasteiger partial charge < -0.3 is 9.80 Å². The van der Waals surface area contributed by atoms with E-state index in [4.69, 9.17) is 0 Å². The van der Waals surface area contributed by atoms with Crippen LogP contribution in [0.4, 0.5) is 0 Å². The first-order valence-corrected chi connectivity index (χ1v) is 8.17. The minimum absolute atomic E-state index is 0.0309. The number of nitrogens with zero attached hydrogens (tertiary/aromatic N) is 3. The first-order chi connectivity index (χ1) is 10.6. The average Bonchev–Trinajstić information content (AvgIpc) is 3.08. The van der Waals surface area contributed by atoms with Gasteiger partial charge in [-0.1, -0.05) is 18.9 Å². The first-order valence-electron chi connectivity index (χ1n) is 8.17. The van der Waals surface area contributed by atoms with Crippen molar-refractivity contribution >= 4 is 11.8 Å². The topological polar surface area (TPSA) is 53.5 Å². The van der Waals surface area contributed by atoms with Crippen LogP contribution in [0.2, 0.25) is 0 Å². The molecule has 2 aliphatic rings. The quantitative estimate of drug-likeness (QED) is 0.838. The fourth-order valence-electron chi connectivity index (χ4n) is 3.39. The van der Waals surface area contributed by atoms with Crippen LogP contribution in [0, 0.1) is 12.8 Å². The van der Waals surface area contributed by atoms with E-state index in [2.05, 4.69) is 4.98 Å². The van der Waals surface area contributed by atoms with E-state index in [0.29, 0.717) is 37.8 Å². The van der Waals surface area contributed by atoms with Crippen molar-refractivity contribution in [3.63, 3.8) is 0 Å². The normalized spacial score (nSPS) is 19.5. The Bertz CT molecular complexity index is 559. The number of pyridine rings is 1. The van der Waals surface area contributed by atoms with E-state index < -0.39 is 0 Å². The summed E-state index contributed by atoms with van der Waals surface area (Å²) in [4.78, 5) is 32.9. The number of aryl methyl sites for hydroxylation is 1. The molecular weight excluding hydrogens is 278 g/mol. The highest BCUT2D eigenvalue weighted by atomic mass is 16.2. The molecule has 1 saturated heterocycles. The molecule has 2 amide bonds. The van der Waals surface area contributed by atoms with Gasteiger partial charge in [0.15, 0.2) is 0 Å². The summed E-state index contributed by atoms with van der Waals surface area (Å²) in [6, 6.07) is 5.50. The average molecular weight is 301 g/mol. The third-order valence-corrected chi connectivity index (χ3v) is 4.69. The summed E-state index contributed by atoms with van der Waals surface area (Å²) >= 11 is 0. The molecule has 2 heterocycles. The molecule has 0 radical (unpaired) electrons.